The predicted molar refractivity (Wildman–Crippen MR) is 193 cm³/mol. The highest BCUT2D eigenvalue weighted by atomic mass is 32.2. The molecule has 1 saturated carbocycles. The van der Waals surface area contributed by atoms with E-state index in [1.54, 1.807) is 24.3 Å². The maximum Gasteiger partial charge on any atom is 0.251 e. The summed E-state index contributed by atoms with van der Waals surface area (Å²) in [5.74, 6) is -0.488. The van der Waals surface area contributed by atoms with Crippen LogP contribution in [0.1, 0.15) is 88.2 Å². The monoisotopic (exact) mass is 696 g/mol. The highest BCUT2D eigenvalue weighted by Gasteiger charge is 2.46. The molecule has 4 rings (SSSR count). The van der Waals surface area contributed by atoms with Gasteiger partial charge in [0.2, 0.25) is 11.8 Å². The number of sulfone groups is 1. The fourth-order valence-electron chi connectivity index (χ4n) is 7.10. The van der Waals surface area contributed by atoms with Crippen molar-refractivity contribution in [1.82, 2.24) is 20.9 Å². The SMILES string of the molecule is Cc1ccc(C(=O)N[C@H](C(=O)N[C@@H](Cc2ccccc2)[C@H](O)CN2C[C@H]3CCCC[C@H]3C[C@H]2C(=O)NC(C)(C)C)C(C)(C)S(C)(=O)=O)cc1. The molecule has 2 aromatic rings. The molecule has 1 aliphatic carbocycles. The van der Waals surface area contributed by atoms with Crippen molar-refractivity contribution >= 4 is 27.6 Å². The molecule has 3 amide bonds. The van der Waals surface area contributed by atoms with Gasteiger partial charge in [0, 0.05) is 30.4 Å². The summed E-state index contributed by atoms with van der Waals surface area (Å²) in [4.78, 5) is 43.3. The first-order valence-corrected chi connectivity index (χ1v) is 19.4. The van der Waals surface area contributed by atoms with Crippen molar-refractivity contribution in [2.75, 3.05) is 19.3 Å². The number of piperidine rings is 1. The summed E-state index contributed by atoms with van der Waals surface area (Å²) in [7, 11) is -3.85. The summed E-state index contributed by atoms with van der Waals surface area (Å²) in [5.41, 5.74) is 1.69. The van der Waals surface area contributed by atoms with Crippen molar-refractivity contribution in [3.63, 3.8) is 0 Å². The molecule has 1 saturated heterocycles. The van der Waals surface area contributed by atoms with Crippen LogP contribution in [0.25, 0.3) is 0 Å². The lowest BCUT2D eigenvalue weighted by Crippen LogP contribution is -2.64. The van der Waals surface area contributed by atoms with Gasteiger partial charge >= 0.3 is 0 Å². The maximum absolute atomic E-state index is 14.2. The van der Waals surface area contributed by atoms with Crippen LogP contribution in [0.2, 0.25) is 0 Å². The van der Waals surface area contributed by atoms with Crippen molar-refractivity contribution in [3.8, 4) is 0 Å². The summed E-state index contributed by atoms with van der Waals surface area (Å²) in [5, 5.41) is 20.7. The Morgan fingerprint density at radius 3 is 2.12 bits per heavy atom. The van der Waals surface area contributed by atoms with Crippen LogP contribution in [0, 0.1) is 18.8 Å². The summed E-state index contributed by atoms with van der Waals surface area (Å²) in [6.45, 7) is 11.4. The maximum atomic E-state index is 14.2. The minimum atomic E-state index is -3.85. The van der Waals surface area contributed by atoms with Crippen molar-refractivity contribution in [2.45, 2.75) is 115 Å². The molecule has 4 N–H and O–H groups in total. The highest BCUT2D eigenvalue weighted by Crippen LogP contribution is 2.39. The van der Waals surface area contributed by atoms with Gasteiger partial charge in [-0.2, -0.15) is 0 Å². The predicted octanol–water partition coefficient (Wildman–Crippen LogP) is 3.80. The van der Waals surface area contributed by atoms with E-state index in [0.29, 0.717) is 30.4 Å². The molecule has 0 bridgehead atoms. The number of likely N-dealkylation sites (tertiary alicyclic amines) is 1. The van der Waals surface area contributed by atoms with Crippen LogP contribution in [-0.2, 0) is 25.8 Å². The van der Waals surface area contributed by atoms with Gasteiger partial charge < -0.3 is 21.1 Å². The molecular formula is C38H56N4O6S. The topological polar surface area (TPSA) is 145 Å². The fourth-order valence-corrected chi connectivity index (χ4v) is 7.69. The van der Waals surface area contributed by atoms with E-state index in [1.807, 2.05) is 58.0 Å². The first-order chi connectivity index (χ1) is 22.9. The summed E-state index contributed by atoms with van der Waals surface area (Å²) in [6.07, 6.45) is 5.39. The van der Waals surface area contributed by atoms with Crippen LogP contribution in [0.4, 0.5) is 0 Å². The molecule has 0 unspecified atom stereocenters. The molecule has 1 heterocycles. The van der Waals surface area contributed by atoms with Gasteiger partial charge in [-0.25, -0.2) is 8.42 Å². The quantitative estimate of drug-likeness (QED) is 0.264. The third kappa shape index (κ3) is 10.1. The number of carbonyl (C=O) groups excluding carboxylic acids is 3. The number of aliphatic hydroxyl groups excluding tert-OH is 1. The molecule has 49 heavy (non-hydrogen) atoms. The molecule has 2 aromatic carbocycles. The van der Waals surface area contributed by atoms with Crippen LogP contribution in [0.3, 0.4) is 0 Å². The summed E-state index contributed by atoms with van der Waals surface area (Å²) < 4.78 is 24.4. The van der Waals surface area contributed by atoms with E-state index in [-0.39, 0.29) is 18.9 Å². The lowest BCUT2D eigenvalue weighted by atomic mass is 9.72. The number of hydrogen-bond acceptors (Lipinski definition) is 7. The zero-order valence-electron chi connectivity index (χ0n) is 30.2. The molecule has 6 atom stereocenters. The molecule has 2 aliphatic rings. The van der Waals surface area contributed by atoms with Crippen molar-refractivity contribution < 1.29 is 27.9 Å². The standard InChI is InChI=1S/C38H56N4O6S/c1-25-17-19-27(20-18-25)34(44)40-33(38(5,6)49(7,47)48)36(46)39-30(21-26-13-9-8-10-14-26)32(43)24-42-23-29-16-12-11-15-28(29)22-31(42)35(45)41-37(2,3)4/h8-10,13-14,17-20,28-33,43H,11-12,15-16,21-24H2,1-7H3,(H,39,46)(H,40,44)(H,41,45)/t28-,29+,30-,31-,32+,33+/m0/s1. The Hall–Kier alpha value is -3.28. The normalized spacial score (nSPS) is 22.2. The van der Waals surface area contributed by atoms with E-state index in [1.165, 1.54) is 13.8 Å². The van der Waals surface area contributed by atoms with Gasteiger partial charge in [-0.1, -0.05) is 67.3 Å². The molecule has 10 nitrogen and oxygen atoms in total. The first-order valence-electron chi connectivity index (χ1n) is 17.5. The first kappa shape index (κ1) is 38.5. The number of β-amino-alcohol motifs (C(OH)–C–C–N with tert-alkyl or cyclic N) is 1. The number of fused-ring (bicyclic) bond motifs is 1. The van der Waals surface area contributed by atoms with Crippen LogP contribution in [0.5, 0.6) is 0 Å². The Kier molecular flexibility index (Phi) is 12.4. The molecule has 0 aromatic heterocycles. The Bertz CT molecular complexity index is 1550. The van der Waals surface area contributed by atoms with Crippen molar-refractivity contribution in [1.29, 1.82) is 0 Å². The van der Waals surface area contributed by atoms with E-state index in [9.17, 15) is 27.9 Å². The smallest absolute Gasteiger partial charge is 0.251 e. The van der Waals surface area contributed by atoms with Gasteiger partial charge in [0.25, 0.3) is 5.91 Å². The molecule has 2 fully saturated rings. The number of amides is 3. The number of hydrogen-bond donors (Lipinski definition) is 4. The van der Waals surface area contributed by atoms with Gasteiger partial charge in [-0.3, -0.25) is 19.3 Å². The Labute approximate surface area is 292 Å². The van der Waals surface area contributed by atoms with Gasteiger partial charge in [-0.05, 0) is 90.3 Å². The molecular weight excluding hydrogens is 641 g/mol. The second kappa shape index (κ2) is 15.7. The average Bonchev–Trinajstić information content (AvgIpc) is 3.02. The van der Waals surface area contributed by atoms with Crippen LogP contribution < -0.4 is 16.0 Å². The number of aryl methyl sites for hydroxylation is 1. The number of rotatable bonds is 12. The second-order valence-corrected chi connectivity index (χ2v) is 18.4. The number of nitrogens with one attached hydrogen (secondary N) is 3. The molecule has 0 spiro atoms. The third-order valence-electron chi connectivity index (χ3n) is 10.3. The zero-order valence-corrected chi connectivity index (χ0v) is 31.0. The van der Waals surface area contributed by atoms with E-state index >= 15 is 0 Å². The number of carbonyl (C=O) groups is 3. The van der Waals surface area contributed by atoms with Crippen LogP contribution in [-0.4, -0.2) is 90.0 Å². The van der Waals surface area contributed by atoms with E-state index in [0.717, 1.165) is 43.1 Å². The Balaban J connectivity index is 1.63. The largest absolute Gasteiger partial charge is 0.390 e. The fraction of sp³-hybridized carbons (Fsp3) is 0.605. The zero-order chi connectivity index (χ0) is 36.1. The minimum Gasteiger partial charge on any atom is -0.390 e. The minimum absolute atomic E-state index is 0.0684. The van der Waals surface area contributed by atoms with Crippen molar-refractivity contribution in [3.05, 3.63) is 71.3 Å². The molecule has 0 radical (unpaired) electrons. The van der Waals surface area contributed by atoms with E-state index in [2.05, 4.69) is 20.9 Å². The van der Waals surface area contributed by atoms with Gasteiger partial charge in [-0.15, -0.1) is 0 Å². The number of benzene rings is 2. The number of aliphatic hydroxyl groups is 1. The third-order valence-corrected chi connectivity index (χ3v) is 12.5. The molecule has 1 aliphatic heterocycles. The van der Waals surface area contributed by atoms with Gasteiger partial charge in [0.1, 0.15) is 6.04 Å². The Morgan fingerprint density at radius 2 is 1.53 bits per heavy atom. The lowest BCUT2D eigenvalue weighted by Gasteiger charge is -2.47. The molecule has 270 valence electrons. The van der Waals surface area contributed by atoms with Crippen LogP contribution in [0.15, 0.2) is 54.6 Å². The Morgan fingerprint density at radius 1 is 0.918 bits per heavy atom. The number of nitrogens with zero attached hydrogens (tertiary/aromatic N) is 1. The highest BCUT2D eigenvalue weighted by molar-refractivity contribution is 7.92. The molecule has 11 heteroatoms. The summed E-state index contributed by atoms with van der Waals surface area (Å²) >= 11 is 0. The van der Waals surface area contributed by atoms with Crippen molar-refractivity contribution in [2.24, 2.45) is 11.8 Å². The van der Waals surface area contributed by atoms with Gasteiger partial charge in [0.15, 0.2) is 9.84 Å². The van der Waals surface area contributed by atoms with Crippen LogP contribution >= 0.6 is 0 Å². The lowest BCUT2D eigenvalue weighted by molar-refractivity contribution is -0.133. The second-order valence-electron chi connectivity index (χ2n) is 15.8. The average molecular weight is 697 g/mol. The summed E-state index contributed by atoms with van der Waals surface area (Å²) in [6, 6.07) is 13.5. The van der Waals surface area contributed by atoms with E-state index in [4.69, 9.17) is 0 Å². The van der Waals surface area contributed by atoms with Gasteiger partial charge in [0.05, 0.1) is 22.9 Å². The van der Waals surface area contributed by atoms with E-state index < -0.39 is 56.2 Å².